The van der Waals surface area contributed by atoms with Gasteiger partial charge < -0.3 is 5.21 Å². The molecule has 1 aliphatic rings. The Kier molecular flexibility index (Phi) is 4.73. The fourth-order valence-corrected chi connectivity index (χ4v) is 3.15. The van der Waals surface area contributed by atoms with E-state index in [-0.39, 0.29) is 0 Å². The molecule has 0 aromatic heterocycles. The van der Waals surface area contributed by atoms with Crippen molar-refractivity contribution in [2.45, 2.75) is 25.7 Å². The molecule has 0 atom stereocenters. The van der Waals surface area contributed by atoms with E-state index in [0.717, 1.165) is 25.0 Å². The van der Waals surface area contributed by atoms with E-state index in [9.17, 15) is 0 Å². The van der Waals surface area contributed by atoms with Gasteiger partial charge in [-0.2, -0.15) is 0 Å². The number of nitrogens with zero attached hydrogens (tertiary/aromatic N) is 1. The van der Waals surface area contributed by atoms with Gasteiger partial charge in [0.25, 0.3) is 0 Å². The average molecular weight is 217 g/mol. The molecule has 4 heteroatoms. The van der Waals surface area contributed by atoms with E-state index in [2.05, 4.69) is 17.7 Å². The monoisotopic (exact) mass is 217 g/mol. The highest BCUT2D eigenvalue weighted by Gasteiger charge is 2.17. The summed E-state index contributed by atoms with van der Waals surface area (Å²) >= 11 is 3.49. The molecule has 0 spiro atoms. The SMILES string of the molecule is CSC(SC)=C1CCCC/C1=N/O. The Bertz CT molecular complexity index is 230. The van der Waals surface area contributed by atoms with Crippen LogP contribution in [0.1, 0.15) is 25.7 Å². The standard InChI is InChI=1S/C9H15NOS2/c1-12-9(13-2)7-5-3-4-6-8(7)10-11/h11H,3-6H2,1-2H3/b10-8-. The zero-order chi connectivity index (χ0) is 9.68. The van der Waals surface area contributed by atoms with Gasteiger partial charge in [0, 0.05) is 4.24 Å². The second-order valence-electron chi connectivity index (χ2n) is 2.93. The minimum Gasteiger partial charge on any atom is -0.411 e. The van der Waals surface area contributed by atoms with Gasteiger partial charge in [0.15, 0.2) is 0 Å². The molecule has 0 radical (unpaired) electrons. The van der Waals surface area contributed by atoms with Crippen molar-refractivity contribution in [2.75, 3.05) is 12.5 Å². The molecule has 1 N–H and O–H groups in total. The number of hydrogen-bond acceptors (Lipinski definition) is 4. The van der Waals surface area contributed by atoms with E-state index in [0.29, 0.717) is 0 Å². The maximum atomic E-state index is 8.84. The van der Waals surface area contributed by atoms with Gasteiger partial charge in [0.05, 0.1) is 5.71 Å². The molecule has 0 unspecified atom stereocenters. The van der Waals surface area contributed by atoms with Gasteiger partial charge in [0.2, 0.25) is 0 Å². The molecular weight excluding hydrogens is 202 g/mol. The Labute approximate surface area is 87.9 Å². The molecule has 1 fully saturated rings. The maximum absolute atomic E-state index is 8.84. The highest BCUT2D eigenvalue weighted by molar-refractivity contribution is 8.21. The predicted octanol–water partition coefficient (Wildman–Crippen LogP) is 3.33. The predicted molar refractivity (Wildman–Crippen MR) is 61.7 cm³/mol. The van der Waals surface area contributed by atoms with E-state index in [4.69, 9.17) is 5.21 Å². The van der Waals surface area contributed by atoms with Crippen LogP contribution < -0.4 is 0 Å². The zero-order valence-corrected chi connectivity index (χ0v) is 9.67. The minimum absolute atomic E-state index is 0.893. The summed E-state index contributed by atoms with van der Waals surface area (Å²) in [5.74, 6) is 0. The summed E-state index contributed by atoms with van der Waals surface area (Å²) in [7, 11) is 0. The molecule has 2 nitrogen and oxygen atoms in total. The fourth-order valence-electron chi connectivity index (χ4n) is 1.55. The summed E-state index contributed by atoms with van der Waals surface area (Å²) in [4.78, 5) is 0. The molecule has 0 aliphatic heterocycles. The van der Waals surface area contributed by atoms with Crippen molar-refractivity contribution in [1.82, 2.24) is 0 Å². The maximum Gasteiger partial charge on any atom is 0.0843 e. The van der Waals surface area contributed by atoms with Crippen LogP contribution in [0.3, 0.4) is 0 Å². The largest absolute Gasteiger partial charge is 0.411 e. The van der Waals surface area contributed by atoms with E-state index in [1.807, 2.05) is 0 Å². The first kappa shape index (κ1) is 11.0. The first-order valence-electron chi connectivity index (χ1n) is 4.36. The molecular formula is C9H15NOS2. The topological polar surface area (TPSA) is 32.6 Å². The van der Waals surface area contributed by atoms with Crippen LogP contribution in [0.5, 0.6) is 0 Å². The number of allylic oxidation sites excluding steroid dienone is 1. The van der Waals surface area contributed by atoms with Crippen LogP contribution in [0.2, 0.25) is 0 Å². The van der Waals surface area contributed by atoms with Crippen molar-refractivity contribution in [3.05, 3.63) is 9.81 Å². The first-order valence-corrected chi connectivity index (χ1v) is 6.80. The van der Waals surface area contributed by atoms with Gasteiger partial charge in [-0.05, 0) is 43.8 Å². The van der Waals surface area contributed by atoms with Crippen LogP contribution in [0.4, 0.5) is 0 Å². The summed E-state index contributed by atoms with van der Waals surface area (Å²) in [6.07, 6.45) is 8.51. The molecule has 0 aromatic carbocycles. The van der Waals surface area contributed by atoms with Crippen LogP contribution in [0, 0.1) is 0 Å². The zero-order valence-electron chi connectivity index (χ0n) is 8.04. The summed E-state index contributed by atoms with van der Waals surface area (Å²) in [6.45, 7) is 0. The van der Waals surface area contributed by atoms with E-state index < -0.39 is 0 Å². The Balaban J connectivity index is 2.90. The second kappa shape index (κ2) is 5.60. The second-order valence-corrected chi connectivity index (χ2v) is 4.82. The van der Waals surface area contributed by atoms with Crippen molar-refractivity contribution in [1.29, 1.82) is 0 Å². The van der Waals surface area contributed by atoms with Gasteiger partial charge >= 0.3 is 0 Å². The Morgan fingerprint density at radius 1 is 1.23 bits per heavy atom. The van der Waals surface area contributed by atoms with Gasteiger partial charge in [-0.25, -0.2) is 0 Å². The molecule has 0 aromatic rings. The summed E-state index contributed by atoms with van der Waals surface area (Å²) in [6, 6.07) is 0. The van der Waals surface area contributed by atoms with E-state index in [1.54, 1.807) is 23.5 Å². The Hall–Kier alpha value is -0.0900. The Morgan fingerprint density at radius 2 is 1.85 bits per heavy atom. The quantitative estimate of drug-likeness (QED) is 0.569. The van der Waals surface area contributed by atoms with Crippen LogP contribution in [-0.2, 0) is 0 Å². The number of oxime groups is 1. The third kappa shape index (κ3) is 2.68. The van der Waals surface area contributed by atoms with Crippen LogP contribution in [0.25, 0.3) is 0 Å². The van der Waals surface area contributed by atoms with Gasteiger partial charge in [-0.15, -0.1) is 23.5 Å². The van der Waals surface area contributed by atoms with Crippen LogP contribution >= 0.6 is 23.5 Å². The van der Waals surface area contributed by atoms with Crippen molar-refractivity contribution in [3.63, 3.8) is 0 Å². The smallest absolute Gasteiger partial charge is 0.0843 e. The van der Waals surface area contributed by atoms with Crippen molar-refractivity contribution < 1.29 is 5.21 Å². The van der Waals surface area contributed by atoms with Gasteiger partial charge in [-0.3, -0.25) is 0 Å². The summed E-state index contributed by atoms with van der Waals surface area (Å²) in [5.41, 5.74) is 2.15. The molecule has 0 bridgehead atoms. The number of hydrogen-bond donors (Lipinski definition) is 1. The molecule has 1 aliphatic carbocycles. The lowest BCUT2D eigenvalue weighted by atomic mass is 9.94. The van der Waals surface area contributed by atoms with Crippen molar-refractivity contribution >= 4 is 29.2 Å². The van der Waals surface area contributed by atoms with E-state index in [1.165, 1.54) is 16.2 Å². The Morgan fingerprint density at radius 3 is 2.38 bits per heavy atom. The lowest BCUT2D eigenvalue weighted by Gasteiger charge is -2.18. The third-order valence-electron chi connectivity index (χ3n) is 2.18. The first-order chi connectivity index (χ1) is 6.33. The number of rotatable bonds is 2. The lowest BCUT2D eigenvalue weighted by molar-refractivity contribution is 0.316. The average Bonchev–Trinajstić information content (AvgIpc) is 2.20. The van der Waals surface area contributed by atoms with Crippen molar-refractivity contribution in [3.8, 4) is 0 Å². The minimum atomic E-state index is 0.893. The fraction of sp³-hybridized carbons (Fsp3) is 0.667. The van der Waals surface area contributed by atoms with Gasteiger partial charge in [0.1, 0.15) is 0 Å². The molecule has 0 amide bonds. The molecule has 13 heavy (non-hydrogen) atoms. The molecule has 0 heterocycles. The molecule has 1 saturated carbocycles. The highest BCUT2D eigenvalue weighted by Crippen LogP contribution is 2.34. The summed E-state index contributed by atoms with van der Waals surface area (Å²) < 4.78 is 1.30. The lowest BCUT2D eigenvalue weighted by Crippen LogP contribution is -2.10. The number of thioether (sulfide) groups is 2. The third-order valence-corrected chi connectivity index (χ3v) is 4.41. The normalized spacial score (nSPS) is 20.8. The molecule has 0 saturated heterocycles. The van der Waals surface area contributed by atoms with E-state index >= 15 is 0 Å². The van der Waals surface area contributed by atoms with Crippen LogP contribution in [-0.4, -0.2) is 23.4 Å². The summed E-state index contributed by atoms with van der Waals surface area (Å²) in [5, 5.41) is 12.2. The molecule has 74 valence electrons. The molecule has 1 rings (SSSR count). The van der Waals surface area contributed by atoms with Gasteiger partial charge in [-0.1, -0.05) is 5.16 Å². The van der Waals surface area contributed by atoms with Crippen molar-refractivity contribution in [2.24, 2.45) is 5.16 Å². The van der Waals surface area contributed by atoms with Crippen LogP contribution in [0.15, 0.2) is 15.0 Å². The highest BCUT2D eigenvalue weighted by atomic mass is 32.2.